The second-order valence-electron chi connectivity index (χ2n) is 6.08. The van der Waals surface area contributed by atoms with E-state index < -0.39 is 15.7 Å². The van der Waals surface area contributed by atoms with E-state index in [9.17, 15) is 13.2 Å². The molecule has 1 aromatic heterocycles. The van der Waals surface area contributed by atoms with Gasteiger partial charge in [0.2, 0.25) is 0 Å². The molecule has 0 radical (unpaired) electrons. The van der Waals surface area contributed by atoms with Gasteiger partial charge >= 0.3 is 0 Å². The molecule has 5 nitrogen and oxygen atoms in total. The molecule has 1 atom stereocenters. The van der Waals surface area contributed by atoms with Crippen molar-refractivity contribution in [3.8, 4) is 0 Å². The molecule has 0 fully saturated rings. The first kappa shape index (κ1) is 19.4. The molecule has 140 valence electrons. The summed E-state index contributed by atoms with van der Waals surface area (Å²) >= 11 is 3.37. The van der Waals surface area contributed by atoms with Gasteiger partial charge in [0, 0.05) is 4.47 Å². The second kappa shape index (κ2) is 8.10. The van der Waals surface area contributed by atoms with E-state index >= 15 is 0 Å². The number of hydrogen-bond acceptors (Lipinski definition) is 4. The molecule has 1 N–H and O–H groups in total. The first-order valence-electron chi connectivity index (χ1n) is 8.28. The summed E-state index contributed by atoms with van der Waals surface area (Å²) in [6.07, 6.45) is 0. The summed E-state index contributed by atoms with van der Waals surface area (Å²) in [5, 5.41) is 2.84. The minimum Gasteiger partial charge on any atom is -0.455 e. The summed E-state index contributed by atoms with van der Waals surface area (Å²) in [5.74, 6) is -0.390. The molecular weight excluding hydrogens is 430 g/mol. The van der Waals surface area contributed by atoms with Crippen molar-refractivity contribution in [1.29, 1.82) is 0 Å². The number of nitrogens with one attached hydrogen (secondary N) is 1. The highest BCUT2D eigenvalue weighted by molar-refractivity contribution is 9.10. The molecule has 1 amide bonds. The lowest BCUT2D eigenvalue weighted by Gasteiger charge is -2.13. The summed E-state index contributed by atoms with van der Waals surface area (Å²) in [7, 11) is -3.53. The Hall–Kier alpha value is -2.38. The SMILES string of the molecule is CC(NC(=O)c1ccc(CS(=O)(=O)c2ccccc2)o1)c1ccc(Br)cc1. The normalized spacial score (nSPS) is 12.5. The van der Waals surface area contributed by atoms with E-state index in [4.69, 9.17) is 4.42 Å². The Balaban J connectivity index is 1.68. The van der Waals surface area contributed by atoms with E-state index in [1.54, 1.807) is 18.2 Å². The van der Waals surface area contributed by atoms with Gasteiger partial charge in [-0.25, -0.2) is 8.42 Å². The monoisotopic (exact) mass is 447 g/mol. The Morgan fingerprint density at radius 3 is 2.37 bits per heavy atom. The average Bonchev–Trinajstić information content (AvgIpc) is 3.11. The lowest BCUT2D eigenvalue weighted by atomic mass is 10.1. The molecule has 0 saturated carbocycles. The highest BCUT2D eigenvalue weighted by Gasteiger charge is 2.20. The smallest absolute Gasteiger partial charge is 0.287 e. The summed E-state index contributed by atoms with van der Waals surface area (Å²) < 4.78 is 31.2. The fourth-order valence-electron chi connectivity index (χ4n) is 2.58. The topological polar surface area (TPSA) is 76.4 Å². The maximum Gasteiger partial charge on any atom is 0.287 e. The number of furan rings is 1. The van der Waals surface area contributed by atoms with Crippen LogP contribution in [0.2, 0.25) is 0 Å². The molecule has 1 unspecified atom stereocenters. The third-order valence-electron chi connectivity index (χ3n) is 4.04. The summed E-state index contributed by atoms with van der Waals surface area (Å²) in [6.45, 7) is 1.87. The molecule has 7 heteroatoms. The number of benzene rings is 2. The Morgan fingerprint density at radius 2 is 1.70 bits per heavy atom. The van der Waals surface area contributed by atoms with Gasteiger partial charge in [-0.2, -0.15) is 0 Å². The van der Waals surface area contributed by atoms with Gasteiger partial charge in [-0.05, 0) is 48.9 Å². The van der Waals surface area contributed by atoms with E-state index in [-0.39, 0.29) is 28.2 Å². The molecule has 0 aliphatic carbocycles. The Bertz CT molecular complexity index is 1030. The number of halogens is 1. The number of sulfone groups is 1. The minimum absolute atomic E-state index is 0.0808. The van der Waals surface area contributed by atoms with Gasteiger partial charge in [0.15, 0.2) is 15.6 Å². The zero-order valence-corrected chi connectivity index (χ0v) is 17.0. The predicted molar refractivity (Wildman–Crippen MR) is 106 cm³/mol. The summed E-state index contributed by atoms with van der Waals surface area (Å²) in [5.41, 5.74) is 0.949. The van der Waals surface area contributed by atoms with Crippen molar-refractivity contribution in [2.75, 3.05) is 0 Å². The molecule has 2 aromatic carbocycles. The van der Waals surface area contributed by atoms with Gasteiger partial charge in [0.05, 0.1) is 10.9 Å². The van der Waals surface area contributed by atoms with Crippen LogP contribution in [0.4, 0.5) is 0 Å². The number of hydrogen-bond donors (Lipinski definition) is 1. The highest BCUT2D eigenvalue weighted by atomic mass is 79.9. The zero-order chi connectivity index (χ0) is 19.4. The molecule has 3 aromatic rings. The zero-order valence-electron chi connectivity index (χ0n) is 14.6. The summed E-state index contributed by atoms with van der Waals surface area (Å²) in [6, 6.07) is 18.6. The van der Waals surface area contributed by atoms with Crippen LogP contribution in [0, 0.1) is 0 Å². The van der Waals surface area contributed by atoms with Crippen molar-refractivity contribution in [3.63, 3.8) is 0 Å². The third-order valence-corrected chi connectivity index (χ3v) is 6.22. The first-order valence-corrected chi connectivity index (χ1v) is 10.7. The van der Waals surface area contributed by atoms with Crippen LogP contribution in [0.3, 0.4) is 0 Å². The van der Waals surface area contributed by atoms with Gasteiger partial charge in [-0.15, -0.1) is 0 Å². The largest absolute Gasteiger partial charge is 0.455 e. The molecule has 1 heterocycles. The molecule has 0 saturated heterocycles. The molecule has 0 aliphatic rings. The fourth-order valence-corrected chi connectivity index (χ4v) is 4.11. The van der Waals surface area contributed by atoms with Crippen LogP contribution >= 0.6 is 15.9 Å². The average molecular weight is 448 g/mol. The molecule has 0 spiro atoms. The molecule has 27 heavy (non-hydrogen) atoms. The van der Waals surface area contributed by atoms with Crippen molar-refractivity contribution >= 4 is 31.7 Å². The standard InChI is InChI=1S/C20H18BrNO4S/c1-14(15-7-9-16(21)10-8-15)22-20(23)19-12-11-17(26-19)13-27(24,25)18-5-3-2-4-6-18/h2-12,14H,13H2,1H3,(H,22,23). The Labute approximate surface area is 166 Å². The van der Waals surface area contributed by atoms with Gasteiger partial charge < -0.3 is 9.73 Å². The lowest BCUT2D eigenvalue weighted by Crippen LogP contribution is -2.26. The van der Waals surface area contributed by atoms with Gasteiger partial charge in [-0.1, -0.05) is 46.3 Å². The van der Waals surface area contributed by atoms with Crippen LogP contribution in [-0.4, -0.2) is 14.3 Å². The van der Waals surface area contributed by atoms with E-state index in [1.165, 1.54) is 24.3 Å². The van der Waals surface area contributed by atoms with Crippen molar-refractivity contribution in [2.45, 2.75) is 23.6 Å². The van der Waals surface area contributed by atoms with Crippen LogP contribution < -0.4 is 5.32 Å². The fraction of sp³-hybridized carbons (Fsp3) is 0.150. The Kier molecular flexibility index (Phi) is 5.82. The van der Waals surface area contributed by atoms with Gasteiger partial charge in [0.25, 0.3) is 5.91 Å². The lowest BCUT2D eigenvalue weighted by molar-refractivity contribution is 0.0910. The molecule has 0 bridgehead atoms. The van der Waals surface area contributed by atoms with E-state index in [1.807, 2.05) is 31.2 Å². The van der Waals surface area contributed by atoms with Crippen LogP contribution in [0.15, 0.2) is 80.5 Å². The quantitative estimate of drug-likeness (QED) is 0.602. The van der Waals surface area contributed by atoms with Crippen LogP contribution in [-0.2, 0) is 15.6 Å². The number of amides is 1. The molecule has 0 aliphatic heterocycles. The van der Waals surface area contributed by atoms with Crippen molar-refractivity contribution in [3.05, 3.63) is 88.3 Å². The third kappa shape index (κ3) is 4.87. The van der Waals surface area contributed by atoms with Gasteiger partial charge in [0.1, 0.15) is 11.5 Å². The Morgan fingerprint density at radius 1 is 1.04 bits per heavy atom. The van der Waals surface area contributed by atoms with E-state index in [0.29, 0.717) is 0 Å². The molecular formula is C20H18BrNO4S. The maximum atomic E-state index is 12.4. The van der Waals surface area contributed by atoms with Crippen LogP contribution in [0.25, 0.3) is 0 Å². The maximum absolute atomic E-state index is 12.4. The number of carbonyl (C=O) groups is 1. The van der Waals surface area contributed by atoms with Crippen molar-refractivity contribution < 1.29 is 17.6 Å². The highest BCUT2D eigenvalue weighted by Crippen LogP contribution is 2.20. The predicted octanol–water partition coefficient (Wildman–Crippen LogP) is 4.51. The summed E-state index contributed by atoms with van der Waals surface area (Å²) in [4.78, 5) is 12.6. The van der Waals surface area contributed by atoms with E-state index in [2.05, 4.69) is 21.2 Å². The molecule has 3 rings (SSSR count). The number of rotatable bonds is 6. The van der Waals surface area contributed by atoms with Crippen molar-refractivity contribution in [1.82, 2.24) is 5.32 Å². The minimum atomic E-state index is -3.53. The van der Waals surface area contributed by atoms with Crippen molar-refractivity contribution in [2.24, 2.45) is 0 Å². The second-order valence-corrected chi connectivity index (χ2v) is 8.99. The van der Waals surface area contributed by atoms with Gasteiger partial charge in [-0.3, -0.25) is 4.79 Å². The van der Waals surface area contributed by atoms with E-state index in [0.717, 1.165) is 10.0 Å². The number of carbonyl (C=O) groups excluding carboxylic acids is 1. The van der Waals surface area contributed by atoms with Crippen LogP contribution in [0.5, 0.6) is 0 Å². The first-order chi connectivity index (χ1) is 12.8. The van der Waals surface area contributed by atoms with Crippen LogP contribution in [0.1, 0.15) is 34.8 Å².